The first kappa shape index (κ1) is 17.0. The fourth-order valence-electron chi connectivity index (χ4n) is 2.87. The third-order valence-corrected chi connectivity index (χ3v) is 5.94. The maximum absolute atomic E-state index is 12.4. The molecule has 1 atom stereocenters. The summed E-state index contributed by atoms with van der Waals surface area (Å²) in [6.07, 6.45) is 2.86. The molecule has 1 aliphatic rings. The SMILES string of the molecule is CC1(C(=O)O)CCCN1C(=O)CSCc1cc(=O)n2ccsc2n1. The number of fused-ring (bicyclic) bond motifs is 1. The molecular formula is C15H17N3O4S2. The van der Waals surface area contributed by atoms with Gasteiger partial charge in [0.15, 0.2) is 4.96 Å². The number of carbonyl (C=O) groups excluding carboxylic acids is 1. The van der Waals surface area contributed by atoms with Crippen molar-refractivity contribution in [2.24, 2.45) is 0 Å². The van der Waals surface area contributed by atoms with Crippen LogP contribution in [0.4, 0.5) is 0 Å². The Kier molecular flexibility index (Phi) is 4.64. The standard InChI is InChI=1S/C15H17N3O4S2/c1-15(13(21)22)3-2-4-18(15)12(20)9-23-8-10-7-11(19)17-5-6-24-14(17)16-10/h5-7H,2-4,8-9H2,1H3,(H,21,22). The molecular weight excluding hydrogens is 350 g/mol. The van der Waals surface area contributed by atoms with Crippen LogP contribution >= 0.6 is 23.1 Å². The molecule has 1 aliphatic heterocycles. The average Bonchev–Trinajstić information content (AvgIpc) is 3.14. The number of aliphatic carboxylic acids is 1. The molecule has 0 saturated carbocycles. The maximum atomic E-state index is 12.4. The van der Waals surface area contributed by atoms with Crippen LogP contribution in [0.5, 0.6) is 0 Å². The van der Waals surface area contributed by atoms with E-state index in [4.69, 9.17) is 0 Å². The minimum Gasteiger partial charge on any atom is -0.480 e. The summed E-state index contributed by atoms with van der Waals surface area (Å²) in [6, 6.07) is 1.47. The predicted octanol–water partition coefficient (Wildman–Crippen LogP) is 1.45. The Bertz CT molecular complexity index is 847. The van der Waals surface area contributed by atoms with Gasteiger partial charge in [-0.2, -0.15) is 0 Å². The summed E-state index contributed by atoms with van der Waals surface area (Å²) < 4.78 is 1.48. The van der Waals surface area contributed by atoms with Gasteiger partial charge in [0.1, 0.15) is 5.54 Å². The van der Waals surface area contributed by atoms with Crippen molar-refractivity contribution in [1.82, 2.24) is 14.3 Å². The molecule has 0 aromatic carbocycles. The van der Waals surface area contributed by atoms with Crippen molar-refractivity contribution in [3.8, 4) is 0 Å². The molecule has 1 amide bonds. The number of hydrogen-bond donors (Lipinski definition) is 1. The van der Waals surface area contributed by atoms with Gasteiger partial charge in [-0.15, -0.1) is 23.1 Å². The van der Waals surface area contributed by atoms with E-state index in [1.807, 2.05) is 0 Å². The lowest BCUT2D eigenvalue weighted by atomic mass is 9.99. The summed E-state index contributed by atoms with van der Waals surface area (Å²) in [5.41, 5.74) is -0.617. The molecule has 2 aromatic rings. The van der Waals surface area contributed by atoms with Gasteiger partial charge in [0.25, 0.3) is 5.56 Å². The van der Waals surface area contributed by atoms with Gasteiger partial charge in [-0.25, -0.2) is 9.78 Å². The zero-order chi connectivity index (χ0) is 17.3. The van der Waals surface area contributed by atoms with Crippen LogP contribution in [0, 0.1) is 0 Å². The van der Waals surface area contributed by atoms with Gasteiger partial charge in [0.2, 0.25) is 5.91 Å². The fourth-order valence-corrected chi connectivity index (χ4v) is 4.40. The minimum atomic E-state index is -1.11. The van der Waals surface area contributed by atoms with Crippen LogP contribution in [0.25, 0.3) is 4.96 Å². The van der Waals surface area contributed by atoms with Gasteiger partial charge < -0.3 is 10.0 Å². The molecule has 1 saturated heterocycles. The third kappa shape index (κ3) is 3.05. The van der Waals surface area contributed by atoms with Crippen molar-refractivity contribution in [3.05, 3.63) is 33.7 Å². The van der Waals surface area contributed by atoms with E-state index in [9.17, 15) is 19.5 Å². The Balaban J connectivity index is 1.62. The number of carbonyl (C=O) groups is 2. The second-order valence-electron chi connectivity index (χ2n) is 5.86. The molecule has 0 aliphatic carbocycles. The lowest BCUT2D eigenvalue weighted by Gasteiger charge is -2.31. The Morgan fingerprint density at radius 2 is 2.29 bits per heavy atom. The van der Waals surface area contributed by atoms with Gasteiger partial charge in [-0.3, -0.25) is 14.0 Å². The number of thioether (sulfide) groups is 1. The van der Waals surface area contributed by atoms with Crippen LogP contribution in [0.3, 0.4) is 0 Å². The van der Waals surface area contributed by atoms with Crippen LogP contribution in [0.1, 0.15) is 25.5 Å². The monoisotopic (exact) mass is 367 g/mol. The van der Waals surface area contributed by atoms with Crippen LogP contribution in [-0.2, 0) is 15.3 Å². The Labute approximate surface area is 146 Å². The summed E-state index contributed by atoms with van der Waals surface area (Å²) in [5, 5.41) is 11.2. The number of hydrogen-bond acceptors (Lipinski definition) is 6. The number of amides is 1. The number of thiazole rings is 1. The topological polar surface area (TPSA) is 92.0 Å². The zero-order valence-electron chi connectivity index (χ0n) is 13.1. The van der Waals surface area contributed by atoms with Gasteiger partial charge >= 0.3 is 5.97 Å². The first-order chi connectivity index (χ1) is 11.4. The molecule has 2 aromatic heterocycles. The van der Waals surface area contributed by atoms with Crippen molar-refractivity contribution >= 4 is 39.9 Å². The second-order valence-corrected chi connectivity index (χ2v) is 7.72. The lowest BCUT2D eigenvalue weighted by Crippen LogP contribution is -2.51. The summed E-state index contributed by atoms with van der Waals surface area (Å²) in [5.74, 6) is -0.533. The molecule has 24 heavy (non-hydrogen) atoms. The van der Waals surface area contributed by atoms with Crippen molar-refractivity contribution in [2.75, 3.05) is 12.3 Å². The minimum absolute atomic E-state index is 0.138. The molecule has 1 N–H and O–H groups in total. The molecule has 128 valence electrons. The number of nitrogens with zero attached hydrogens (tertiary/aromatic N) is 3. The maximum Gasteiger partial charge on any atom is 0.329 e. The summed E-state index contributed by atoms with van der Waals surface area (Å²) in [4.78, 5) is 42.1. The summed E-state index contributed by atoms with van der Waals surface area (Å²) >= 11 is 2.72. The first-order valence-electron chi connectivity index (χ1n) is 7.49. The molecule has 1 fully saturated rings. The van der Waals surface area contributed by atoms with Gasteiger partial charge in [-0.05, 0) is 19.8 Å². The molecule has 9 heteroatoms. The van der Waals surface area contributed by atoms with Crippen LogP contribution < -0.4 is 5.56 Å². The number of aromatic nitrogens is 2. The van der Waals surface area contributed by atoms with Gasteiger partial charge in [-0.1, -0.05) is 0 Å². The van der Waals surface area contributed by atoms with Crippen LogP contribution in [0.2, 0.25) is 0 Å². The first-order valence-corrected chi connectivity index (χ1v) is 9.52. The number of carboxylic acid groups (broad SMARTS) is 1. The number of carboxylic acids is 1. The van der Waals surface area contributed by atoms with E-state index in [-0.39, 0.29) is 17.2 Å². The molecule has 7 nitrogen and oxygen atoms in total. The van der Waals surface area contributed by atoms with E-state index in [0.717, 1.165) is 0 Å². The van der Waals surface area contributed by atoms with E-state index in [2.05, 4.69) is 4.98 Å². The highest BCUT2D eigenvalue weighted by atomic mass is 32.2. The van der Waals surface area contributed by atoms with Gasteiger partial charge in [0.05, 0.1) is 11.4 Å². The molecule has 3 heterocycles. The molecule has 3 rings (SSSR count). The third-order valence-electron chi connectivity index (χ3n) is 4.23. The number of rotatable bonds is 5. The van der Waals surface area contributed by atoms with E-state index in [1.165, 1.54) is 38.5 Å². The van der Waals surface area contributed by atoms with E-state index in [1.54, 1.807) is 18.5 Å². The lowest BCUT2D eigenvalue weighted by molar-refractivity contribution is -0.154. The highest BCUT2D eigenvalue weighted by Gasteiger charge is 2.45. The molecule has 0 radical (unpaired) electrons. The fraction of sp³-hybridized carbons (Fsp3) is 0.467. The zero-order valence-corrected chi connectivity index (χ0v) is 14.7. The Morgan fingerprint density at radius 3 is 3.04 bits per heavy atom. The van der Waals surface area contributed by atoms with E-state index in [0.29, 0.717) is 35.8 Å². The highest BCUT2D eigenvalue weighted by molar-refractivity contribution is 7.99. The van der Waals surface area contributed by atoms with E-state index < -0.39 is 11.5 Å². The average molecular weight is 367 g/mol. The largest absolute Gasteiger partial charge is 0.480 e. The van der Waals surface area contributed by atoms with Crippen molar-refractivity contribution in [1.29, 1.82) is 0 Å². The second kappa shape index (κ2) is 6.56. The normalized spacial score (nSPS) is 20.6. The molecule has 0 bridgehead atoms. The quantitative estimate of drug-likeness (QED) is 0.860. The smallest absolute Gasteiger partial charge is 0.329 e. The van der Waals surface area contributed by atoms with Crippen molar-refractivity contribution in [2.45, 2.75) is 31.1 Å². The predicted molar refractivity (Wildman–Crippen MR) is 92.5 cm³/mol. The van der Waals surface area contributed by atoms with Crippen LogP contribution in [0.15, 0.2) is 22.4 Å². The van der Waals surface area contributed by atoms with Crippen molar-refractivity contribution in [3.63, 3.8) is 0 Å². The van der Waals surface area contributed by atoms with Crippen LogP contribution in [-0.4, -0.2) is 49.1 Å². The number of likely N-dealkylation sites (tertiary alicyclic amines) is 1. The highest BCUT2D eigenvalue weighted by Crippen LogP contribution is 2.30. The van der Waals surface area contributed by atoms with Gasteiger partial charge in [0, 0.05) is 29.9 Å². The summed E-state index contributed by atoms with van der Waals surface area (Å²) in [7, 11) is 0. The molecule has 0 spiro atoms. The van der Waals surface area contributed by atoms with E-state index >= 15 is 0 Å². The Morgan fingerprint density at radius 1 is 1.50 bits per heavy atom. The molecule has 1 unspecified atom stereocenters. The Hall–Kier alpha value is -1.87. The summed E-state index contributed by atoms with van der Waals surface area (Å²) in [6.45, 7) is 2.07. The van der Waals surface area contributed by atoms with Crippen molar-refractivity contribution < 1.29 is 14.7 Å².